The van der Waals surface area contributed by atoms with Crippen LogP contribution in [0.1, 0.15) is 42.3 Å². The molecule has 28 heavy (non-hydrogen) atoms. The molecular weight excluding hydrogens is 357 g/mol. The number of carbonyl (C=O) groups excluding carboxylic acids is 1. The van der Waals surface area contributed by atoms with Crippen LogP contribution in [0.15, 0.2) is 24.3 Å². The first-order valence-electron chi connectivity index (χ1n) is 9.93. The van der Waals surface area contributed by atoms with Crippen LogP contribution >= 0.6 is 0 Å². The van der Waals surface area contributed by atoms with E-state index in [4.69, 9.17) is 9.72 Å². The molecular formula is C22H24FN3O2. The molecule has 5 rings (SSSR count). The van der Waals surface area contributed by atoms with Gasteiger partial charge < -0.3 is 9.64 Å². The highest BCUT2D eigenvalue weighted by atomic mass is 19.1. The van der Waals surface area contributed by atoms with Gasteiger partial charge in [-0.1, -0.05) is 0 Å². The summed E-state index contributed by atoms with van der Waals surface area (Å²) in [5, 5.41) is 3.55. The van der Waals surface area contributed by atoms with Gasteiger partial charge in [0.25, 0.3) is 0 Å². The molecule has 1 spiro atoms. The van der Waals surface area contributed by atoms with Crippen LogP contribution in [-0.4, -0.2) is 41.5 Å². The first kappa shape index (κ1) is 17.6. The molecule has 5 nitrogen and oxygen atoms in total. The average molecular weight is 381 g/mol. The minimum atomic E-state index is -0.461. The second kappa shape index (κ2) is 6.27. The van der Waals surface area contributed by atoms with Crippen LogP contribution in [0, 0.1) is 12.7 Å². The molecule has 1 N–H and O–H groups in total. The molecule has 3 aliphatic heterocycles. The van der Waals surface area contributed by atoms with Gasteiger partial charge in [0.1, 0.15) is 17.1 Å². The summed E-state index contributed by atoms with van der Waals surface area (Å²) in [5.74, 6) is 0.707. The Labute approximate surface area is 163 Å². The third-order valence-corrected chi connectivity index (χ3v) is 6.36. The lowest BCUT2D eigenvalue weighted by Crippen LogP contribution is -2.47. The van der Waals surface area contributed by atoms with Gasteiger partial charge in [-0.2, -0.15) is 0 Å². The van der Waals surface area contributed by atoms with Gasteiger partial charge in [0.15, 0.2) is 0 Å². The number of pyridine rings is 1. The SMILES string of the molecule is Cc1cc(-c2cc3c(cc2F)CCO3)cc(C2CCC3(CCN(C)C3=O)N2)n1. The van der Waals surface area contributed by atoms with E-state index in [2.05, 4.69) is 5.32 Å². The number of aromatic nitrogens is 1. The van der Waals surface area contributed by atoms with Crippen molar-refractivity contribution >= 4 is 5.91 Å². The minimum Gasteiger partial charge on any atom is -0.493 e. The zero-order valence-electron chi connectivity index (χ0n) is 16.2. The molecule has 2 aromatic rings. The number of aryl methyl sites for hydroxylation is 1. The lowest BCUT2D eigenvalue weighted by molar-refractivity contribution is -0.131. The molecule has 2 unspecified atom stereocenters. The topological polar surface area (TPSA) is 54.5 Å². The Hall–Kier alpha value is -2.47. The van der Waals surface area contributed by atoms with E-state index >= 15 is 0 Å². The molecule has 2 saturated heterocycles. The molecule has 146 valence electrons. The molecule has 0 bridgehead atoms. The van der Waals surface area contributed by atoms with E-state index in [1.807, 2.05) is 26.1 Å². The van der Waals surface area contributed by atoms with Crippen molar-refractivity contribution in [1.29, 1.82) is 0 Å². The van der Waals surface area contributed by atoms with Gasteiger partial charge in [0.05, 0.1) is 18.3 Å². The number of hydrogen-bond donors (Lipinski definition) is 1. The van der Waals surface area contributed by atoms with Gasteiger partial charge in [-0.05, 0) is 56.0 Å². The number of halogens is 1. The van der Waals surface area contributed by atoms with Crippen molar-refractivity contribution < 1.29 is 13.9 Å². The van der Waals surface area contributed by atoms with E-state index in [-0.39, 0.29) is 17.8 Å². The second-order valence-electron chi connectivity index (χ2n) is 8.25. The number of carbonyl (C=O) groups is 1. The lowest BCUT2D eigenvalue weighted by atomic mass is 9.96. The molecule has 6 heteroatoms. The first-order valence-corrected chi connectivity index (χ1v) is 9.93. The highest BCUT2D eigenvalue weighted by Crippen LogP contribution is 2.40. The Balaban J connectivity index is 1.49. The molecule has 3 aliphatic rings. The van der Waals surface area contributed by atoms with Crippen LogP contribution in [0.3, 0.4) is 0 Å². The number of rotatable bonds is 2. The summed E-state index contributed by atoms with van der Waals surface area (Å²) in [6.45, 7) is 3.31. The molecule has 0 saturated carbocycles. The smallest absolute Gasteiger partial charge is 0.242 e. The summed E-state index contributed by atoms with van der Waals surface area (Å²) in [5.41, 5.74) is 3.52. The summed E-state index contributed by atoms with van der Waals surface area (Å²) in [4.78, 5) is 19.1. The zero-order chi connectivity index (χ0) is 19.5. The van der Waals surface area contributed by atoms with Gasteiger partial charge in [-0.15, -0.1) is 0 Å². The molecule has 2 atom stereocenters. The fourth-order valence-electron chi connectivity index (χ4n) is 4.83. The summed E-state index contributed by atoms with van der Waals surface area (Å²) in [6, 6.07) is 7.25. The Bertz CT molecular complexity index is 976. The number of fused-ring (bicyclic) bond motifs is 1. The predicted octanol–water partition coefficient (Wildman–Crippen LogP) is 3.16. The van der Waals surface area contributed by atoms with Crippen LogP contribution in [0.25, 0.3) is 11.1 Å². The van der Waals surface area contributed by atoms with E-state index in [0.717, 1.165) is 60.5 Å². The summed E-state index contributed by atoms with van der Waals surface area (Å²) in [7, 11) is 1.85. The normalized spacial score (nSPS) is 26.2. The Morgan fingerprint density at radius 3 is 2.93 bits per heavy atom. The largest absolute Gasteiger partial charge is 0.493 e. The van der Waals surface area contributed by atoms with E-state index in [1.165, 1.54) is 0 Å². The van der Waals surface area contributed by atoms with Crippen molar-refractivity contribution in [2.24, 2.45) is 0 Å². The van der Waals surface area contributed by atoms with Crippen molar-refractivity contribution in [3.63, 3.8) is 0 Å². The molecule has 2 fully saturated rings. The lowest BCUT2D eigenvalue weighted by Gasteiger charge is -2.23. The summed E-state index contributed by atoms with van der Waals surface area (Å²) in [6.07, 6.45) is 3.25. The van der Waals surface area contributed by atoms with Gasteiger partial charge in [0.2, 0.25) is 5.91 Å². The number of nitrogens with zero attached hydrogens (tertiary/aromatic N) is 2. The maximum Gasteiger partial charge on any atom is 0.242 e. The number of hydrogen-bond acceptors (Lipinski definition) is 4. The van der Waals surface area contributed by atoms with E-state index in [9.17, 15) is 9.18 Å². The van der Waals surface area contributed by atoms with Gasteiger partial charge in [-0.3, -0.25) is 15.1 Å². The quantitative estimate of drug-likeness (QED) is 0.868. The fourth-order valence-corrected chi connectivity index (χ4v) is 4.83. The number of likely N-dealkylation sites (tertiary alicyclic amines) is 1. The number of amides is 1. The van der Waals surface area contributed by atoms with Gasteiger partial charge in [0, 0.05) is 36.8 Å². The molecule has 1 aromatic carbocycles. The van der Waals surface area contributed by atoms with Gasteiger partial charge >= 0.3 is 0 Å². The summed E-state index contributed by atoms with van der Waals surface area (Å²) < 4.78 is 20.4. The van der Waals surface area contributed by atoms with Crippen LogP contribution in [-0.2, 0) is 11.2 Å². The average Bonchev–Trinajstić information content (AvgIpc) is 3.37. The van der Waals surface area contributed by atoms with Crippen molar-refractivity contribution in [2.75, 3.05) is 20.2 Å². The molecule has 1 amide bonds. The van der Waals surface area contributed by atoms with Crippen LogP contribution < -0.4 is 10.1 Å². The molecule has 1 aromatic heterocycles. The van der Waals surface area contributed by atoms with E-state index in [0.29, 0.717) is 12.2 Å². The number of likely N-dealkylation sites (N-methyl/N-ethyl adjacent to an activating group) is 1. The predicted molar refractivity (Wildman–Crippen MR) is 104 cm³/mol. The van der Waals surface area contributed by atoms with Crippen LogP contribution in [0.2, 0.25) is 0 Å². The van der Waals surface area contributed by atoms with Crippen molar-refractivity contribution in [1.82, 2.24) is 15.2 Å². The first-order chi connectivity index (χ1) is 13.4. The zero-order valence-corrected chi connectivity index (χ0v) is 16.2. The third-order valence-electron chi connectivity index (χ3n) is 6.36. The molecule has 0 radical (unpaired) electrons. The van der Waals surface area contributed by atoms with Crippen molar-refractivity contribution in [3.8, 4) is 16.9 Å². The number of nitrogens with one attached hydrogen (secondary N) is 1. The van der Waals surface area contributed by atoms with E-state index in [1.54, 1.807) is 17.0 Å². The number of benzene rings is 1. The minimum absolute atomic E-state index is 0.00263. The van der Waals surface area contributed by atoms with E-state index < -0.39 is 5.54 Å². The van der Waals surface area contributed by atoms with Crippen LogP contribution in [0.4, 0.5) is 4.39 Å². The Morgan fingerprint density at radius 2 is 2.14 bits per heavy atom. The Kier molecular flexibility index (Phi) is 3.95. The fraction of sp³-hybridized carbons (Fsp3) is 0.455. The van der Waals surface area contributed by atoms with Crippen LogP contribution in [0.5, 0.6) is 5.75 Å². The molecule has 4 heterocycles. The maximum atomic E-state index is 14.8. The summed E-state index contributed by atoms with van der Waals surface area (Å²) >= 11 is 0. The standard InChI is InChI=1S/C22H24FN3O2/c1-13-9-15(16-12-20-14(4-8-28-20)10-17(16)23)11-19(24-13)18-3-5-22(25-18)6-7-26(2)21(22)27/h9-12,18,25H,3-8H2,1-2H3. The third kappa shape index (κ3) is 2.70. The monoisotopic (exact) mass is 381 g/mol. The second-order valence-corrected chi connectivity index (χ2v) is 8.25. The van der Waals surface area contributed by atoms with Crippen molar-refractivity contribution in [3.05, 3.63) is 47.0 Å². The molecule has 0 aliphatic carbocycles. The maximum absolute atomic E-state index is 14.8. The highest BCUT2D eigenvalue weighted by Gasteiger charge is 2.50. The highest BCUT2D eigenvalue weighted by molar-refractivity contribution is 5.88. The van der Waals surface area contributed by atoms with Gasteiger partial charge in [-0.25, -0.2) is 4.39 Å². The number of ether oxygens (including phenoxy) is 1. The Morgan fingerprint density at radius 1 is 1.29 bits per heavy atom. The van der Waals surface area contributed by atoms with Crippen molar-refractivity contribution in [2.45, 2.75) is 44.2 Å².